The molecule has 9 aromatic carbocycles. The van der Waals surface area contributed by atoms with Gasteiger partial charge < -0.3 is 4.90 Å². The number of fused-ring (bicyclic) bond motifs is 17. The minimum atomic E-state index is -0.616. The van der Waals surface area contributed by atoms with E-state index in [4.69, 9.17) is 0 Å². The maximum Gasteiger partial charge on any atom is 0.0732 e. The van der Waals surface area contributed by atoms with Crippen LogP contribution in [0.3, 0.4) is 0 Å². The highest BCUT2D eigenvalue weighted by Crippen LogP contribution is 2.64. The molecule has 0 bridgehead atoms. The Balaban J connectivity index is 1.37. The molecule has 0 aromatic heterocycles. The van der Waals surface area contributed by atoms with Gasteiger partial charge in [-0.1, -0.05) is 164 Å². The van der Waals surface area contributed by atoms with E-state index in [0.717, 1.165) is 17.1 Å². The van der Waals surface area contributed by atoms with Crippen LogP contribution in [0.5, 0.6) is 0 Å². The molecule has 1 heteroatoms. The zero-order valence-corrected chi connectivity index (χ0v) is 28.5. The molecule has 52 heavy (non-hydrogen) atoms. The number of anilines is 3. The van der Waals surface area contributed by atoms with Crippen LogP contribution in [0.25, 0.3) is 54.9 Å². The zero-order valence-electron chi connectivity index (χ0n) is 28.5. The van der Waals surface area contributed by atoms with Crippen LogP contribution >= 0.6 is 0 Å². The molecule has 0 fully saturated rings. The summed E-state index contributed by atoms with van der Waals surface area (Å²) in [6, 6.07) is 74.2. The van der Waals surface area contributed by atoms with Crippen LogP contribution in [0.4, 0.5) is 17.1 Å². The van der Waals surface area contributed by atoms with Gasteiger partial charge in [-0.05, 0) is 114 Å². The number of rotatable bonds is 3. The molecule has 242 valence electrons. The van der Waals surface area contributed by atoms with Gasteiger partial charge in [0.05, 0.1) is 5.41 Å². The third-order valence-electron chi connectivity index (χ3n) is 11.4. The van der Waals surface area contributed by atoms with E-state index in [1.807, 2.05) is 0 Å². The zero-order chi connectivity index (χ0) is 34.2. The average molecular weight is 660 g/mol. The fraction of sp³-hybridized carbons (Fsp3) is 0.0196. The van der Waals surface area contributed by atoms with Crippen LogP contribution in [-0.2, 0) is 5.41 Å². The standard InChI is InChI=1S/C51H33N/c1-3-17-34(18-4-1)52(35-19-5-2-6-20-35)36-31-32-42-38-22-8-7-21-37(38)41-25-13-15-29-46(41)51(48(42)33-36)47-30-16-14-28-45(47)49-43-26-11-9-23-39(43)40-24-10-12-27-44(40)50(49)51/h1-33H. The van der Waals surface area contributed by atoms with Crippen LogP contribution in [0.1, 0.15) is 22.3 Å². The Kier molecular flexibility index (Phi) is 6.23. The van der Waals surface area contributed by atoms with Gasteiger partial charge in [-0.3, -0.25) is 0 Å². The van der Waals surface area contributed by atoms with E-state index in [9.17, 15) is 0 Å². The summed E-state index contributed by atoms with van der Waals surface area (Å²) >= 11 is 0. The van der Waals surface area contributed by atoms with Crippen LogP contribution in [0.2, 0.25) is 0 Å². The lowest BCUT2D eigenvalue weighted by molar-refractivity contribution is 0.783. The van der Waals surface area contributed by atoms with Crippen LogP contribution in [0, 0.1) is 0 Å². The van der Waals surface area contributed by atoms with Gasteiger partial charge in [0.15, 0.2) is 0 Å². The fourth-order valence-corrected chi connectivity index (χ4v) is 9.49. The number of para-hydroxylation sites is 2. The molecule has 2 aliphatic rings. The molecule has 0 heterocycles. The van der Waals surface area contributed by atoms with Crippen molar-refractivity contribution in [2.75, 3.05) is 4.90 Å². The van der Waals surface area contributed by atoms with Gasteiger partial charge in [0.25, 0.3) is 0 Å². The first-order valence-corrected chi connectivity index (χ1v) is 18.1. The fourth-order valence-electron chi connectivity index (χ4n) is 9.49. The van der Waals surface area contributed by atoms with Crippen LogP contribution in [-0.4, -0.2) is 0 Å². The van der Waals surface area contributed by atoms with Gasteiger partial charge in [-0.15, -0.1) is 0 Å². The summed E-state index contributed by atoms with van der Waals surface area (Å²) < 4.78 is 0. The smallest absolute Gasteiger partial charge is 0.0732 e. The third kappa shape index (κ3) is 3.88. The second-order valence-electron chi connectivity index (χ2n) is 14.0. The van der Waals surface area contributed by atoms with Crippen molar-refractivity contribution in [1.29, 1.82) is 0 Å². The van der Waals surface area contributed by atoms with E-state index in [1.54, 1.807) is 0 Å². The molecule has 2 aliphatic carbocycles. The molecule has 0 radical (unpaired) electrons. The first-order valence-electron chi connectivity index (χ1n) is 18.1. The van der Waals surface area contributed by atoms with Gasteiger partial charge >= 0.3 is 0 Å². The molecular formula is C51H33N. The predicted octanol–water partition coefficient (Wildman–Crippen LogP) is 13.5. The minimum absolute atomic E-state index is 0.616. The van der Waals surface area contributed by atoms with Crippen molar-refractivity contribution in [3.05, 3.63) is 222 Å². The summed E-state index contributed by atoms with van der Waals surface area (Å²) in [5.41, 5.74) is 15.8. The molecule has 9 aromatic rings. The van der Waals surface area contributed by atoms with E-state index < -0.39 is 5.41 Å². The number of benzene rings is 9. The van der Waals surface area contributed by atoms with Crippen LogP contribution < -0.4 is 4.90 Å². The van der Waals surface area contributed by atoms with Crippen LogP contribution in [0.15, 0.2) is 200 Å². The van der Waals surface area contributed by atoms with Crippen molar-refractivity contribution < 1.29 is 0 Å². The lowest BCUT2D eigenvalue weighted by Gasteiger charge is -2.37. The number of nitrogens with zero attached hydrogens (tertiary/aromatic N) is 1. The normalized spacial score (nSPS) is 15.0. The predicted molar refractivity (Wildman–Crippen MR) is 218 cm³/mol. The first kappa shape index (κ1) is 29.1. The Morgan fingerprint density at radius 3 is 1.37 bits per heavy atom. The molecular weight excluding hydrogens is 627 g/mol. The van der Waals surface area contributed by atoms with E-state index in [0.29, 0.717) is 0 Å². The van der Waals surface area contributed by atoms with Gasteiger partial charge in [-0.2, -0.15) is 0 Å². The van der Waals surface area contributed by atoms with Gasteiger partial charge in [0.2, 0.25) is 0 Å². The van der Waals surface area contributed by atoms with Crippen molar-refractivity contribution in [2.45, 2.75) is 5.41 Å². The highest BCUT2D eigenvalue weighted by Gasteiger charge is 2.51. The van der Waals surface area contributed by atoms with Gasteiger partial charge in [0, 0.05) is 17.1 Å². The van der Waals surface area contributed by atoms with E-state index in [-0.39, 0.29) is 0 Å². The molecule has 0 saturated heterocycles. The Bertz CT molecular complexity index is 2810. The Morgan fingerprint density at radius 1 is 0.288 bits per heavy atom. The van der Waals surface area contributed by atoms with E-state index in [1.165, 1.54) is 77.2 Å². The Morgan fingerprint density at radius 2 is 0.731 bits per heavy atom. The second-order valence-corrected chi connectivity index (χ2v) is 14.0. The monoisotopic (exact) mass is 659 g/mol. The summed E-state index contributed by atoms with van der Waals surface area (Å²) in [6.45, 7) is 0. The Labute approximate surface area is 303 Å². The quantitative estimate of drug-likeness (QED) is 0.171. The lowest BCUT2D eigenvalue weighted by atomic mass is 9.64. The summed E-state index contributed by atoms with van der Waals surface area (Å²) in [7, 11) is 0. The molecule has 1 atom stereocenters. The van der Waals surface area contributed by atoms with Crippen molar-refractivity contribution in [2.24, 2.45) is 0 Å². The van der Waals surface area contributed by atoms with Gasteiger partial charge in [0.1, 0.15) is 0 Å². The third-order valence-corrected chi connectivity index (χ3v) is 11.4. The first-order chi connectivity index (χ1) is 25.8. The molecule has 0 aliphatic heterocycles. The van der Waals surface area contributed by atoms with Crippen molar-refractivity contribution in [3.8, 4) is 33.4 Å². The van der Waals surface area contributed by atoms with Crippen molar-refractivity contribution in [3.63, 3.8) is 0 Å². The van der Waals surface area contributed by atoms with Gasteiger partial charge in [-0.25, -0.2) is 0 Å². The summed E-state index contributed by atoms with van der Waals surface area (Å²) in [4.78, 5) is 2.40. The van der Waals surface area contributed by atoms with Crippen molar-refractivity contribution >= 4 is 38.6 Å². The molecule has 11 rings (SSSR count). The summed E-state index contributed by atoms with van der Waals surface area (Å²) in [5.74, 6) is 0. The van der Waals surface area contributed by atoms with E-state index >= 15 is 0 Å². The van der Waals surface area contributed by atoms with E-state index in [2.05, 4.69) is 205 Å². The Hall–Kier alpha value is -6.70. The summed E-state index contributed by atoms with van der Waals surface area (Å²) in [5, 5.41) is 5.18. The highest BCUT2D eigenvalue weighted by atomic mass is 15.1. The SMILES string of the molecule is c1ccc(N(c2ccccc2)c2ccc3c(c2)C2(c4ccccc4-c4ccccc4-3)c3ccccc3-c3c2c2ccccc2c2ccccc32)cc1. The highest BCUT2D eigenvalue weighted by molar-refractivity contribution is 6.19. The molecule has 1 nitrogen and oxygen atoms in total. The molecule has 1 spiro atoms. The molecule has 1 unspecified atom stereocenters. The second kappa shape index (κ2) is 11.2. The number of hydrogen-bond acceptors (Lipinski definition) is 1. The van der Waals surface area contributed by atoms with Crippen molar-refractivity contribution in [1.82, 2.24) is 0 Å². The summed E-state index contributed by atoms with van der Waals surface area (Å²) in [6.07, 6.45) is 0. The number of hydrogen-bond donors (Lipinski definition) is 0. The largest absolute Gasteiger partial charge is 0.310 e. The topological polar surface area (TPSA) is 3.24 Å². The maximum absolute atomic E-state index is 2.50. The maximum atomic E-state index is 2.50. The molecule has 0 amide bonds. The minimum Gasteiger partial charge on any atom is -0.310 e. The molecule has 0 N–H and O–H groups in total. The molecule has 0 saturated carbocycles. The lowest BCUT2D eigenvalue weighted by Crippen LogP contribution is -2.30. The average Bonchev–Trinajstić information content (AvgIpc) is 3.48.